The molecule has 220 valence electrons. The standard InChI is InChI=1S/C42H31N3O/c1-24-18-33-32-21-27(14-17-38(32)46-41(33)39-30-9-4-6-10-34(30)42(2,3)40(24)39)28-15-12-26(23-44)20-37(28)45-35-11-7-5-8-29(35)31-19-25(22-43)13-16-36(31)45/h4-17,19-20,24,27H,18,21H2,1-3H3. The molecule has 0 saturated carbocycles. The van der Waals surface area contributed by atoms with Crippen LogP contribution in [-0.2, 0) is 18.3 Å². The Morgan fingerprint density at radius 3 is 2.39 bits per heavy atom. The Bertz CT molecular complexity index is 2450. The summed E-state index contributed by atoms with van der Waals surface area (Å²) in [6, 6.07) is 33.8. The van der Waals surface area contributed by atoms with Crippen LogP contribution >= 0.6 is 0 Å². The minimum Gasteiger partial charge on any atom is -0.456 e. The number of nitriles is 2. The van der Waals surface area contributed by atoms with Crippen molar-refractivity contribution in [2.75, 3.05) is 0 Å². The molecule has 2 unspecified atom stereocenters. The van der Waals surface area contributed by atoms with Crippen LogP contribution in [-0.4, -0.2) is 4.57 Å². The maximum absolute atomic E-state index is 9.97. The first-order chi connectivity index (χ1) is 22.4. The topological polar surface area (TPSA) is 65.7 Å². The molecule has 4 aromatic carbocycles. The number of rotatable bonds is 2. The summed E-state index contributed by atoms with van der Waals surface area (Å²) < 4.78 is 9.05. The highest BCUT2D eigenvalue weighted by molar-refractivity contribution is 6.09. The molecule has 4 heteroatoms. The van der Waals surface area contributed by atoms with Crippen molar-refractivity contribution in [3.8, 4) is 17.8 Å². The number of nitrogens with zero attached hydrogens (tertiary/aromatic N) is 3. The zero-order valence-corrected chi connectivity index (χ0v) is 26.1. The third-order valence-corrected chi connectivity index (χ3v) is 10.7. The molecule has 0 radical (unpaired) electrons. The van der Waals surface area contributed by atoms with E-state index in [0.29, 0.717) is 17.0 Å². The molecule has 2 heterocycles. The SMILES string of the molecule is CC1Cc2c(oc3c2CC(c2ccc(C#N)cc2-n2c4ccccc4c4cc(C#N)ccc42)C=C3)C2=C1C(C)(C)c1ccccc12. The molecule has 2 atom stereocenters. The molecule has 0 amide bonds. The second-order valence-electron chi connectivity index (χ2n) is 13.6. The van der Waals surface area contributed by atoms with Crippen LogP contribution in [0.2, 0.25) is 0 Å². The molecule has 0 saturated heterocycles. The van der Waals surface area contributed by atoms with E-state index in [2.05, 4.69) is 92.1 Å². The third kappa shape index (κ3) is 3.53. The van der Waals surface area contributed by atoms with Gasteiger partial charge < -0.3 is 8.98 Å². The maximum atomic E-state index is 9.97. The molecule has 3 aliphatic rings. The second kappa shape index (κ2) is 9.46. The highest BCUT2D eigenvalue weighted by Gasteiger charge is 2.45. The summed E-state index contributed by atoms with van der Waals surface area (Å²) >= 11 is 0. The van der Waals surface area contributed by atoms with E-state index >= 15 is 0 Å². The summed E-state index contributed by atoms with van der Waals surface area (Å²) in [5.74, 6) is 2.54. The molecule has 0 fully saturated rings. The summed E-state index contributed by atoms with van der Waals surface area (Å²) in [6.07, 6.45) is 6.25. The lowest BCUT2D eigenvalue weighted by Crippen LogP contribution is -2.25. The predicted molar refractivity (Wildman–Crippen MR) is 183 cm³/mol. The first-order valence-corrected chi connectivity index (χ1v) is 16.0. The lowest BCUT2D eigenvalue weighted by molar-refractivity contribution is 0.497. The van der Waals surface area contributed by atoms with Gasteiger partial charge >= 0.3 is 0 Å². The molecule has 2 aromatic heterocycles. The van der Waals surface area contributed by atoms with Gasteiger partial charge in [-0.05, 0) is 83.5 Å². The largest absolute Gasteiger partial charge is 0.456 e. The molecule has 0 aliphatic heterocycles. The van der Waals surface area contributed by atoms with Crippen LogP contribution < -0.4 is 0 Å². The van der Waals surface area contributed by atoms with E-state index < -0.39 is 0 Å². The van der Waals surface area contributed by atoms with E-state index in [1.807, 2.05) is 42.5 Å². The minimum atomic E-state index is -0.0254. The van der Waals surface area contributed by atoms with E-state index in [-0.39, 0.29) is 11.3 Å². The Morgan fingerprint density at radius 1 is 0.804 bits per heavy atom. The normalized spacial score (nSPS) is 19.0. The third-order valence-electron chi connectivity index (χ3n) is 10.7. The number of hydrogen-bond acceptors (Lipinski definition) is 3. The molecule has 46 heavy (non-hydrogen) atoms. The van der Waals surface area contributed by atoms with E-state index in [1.54, 1.807) is 0 Å². The monoisotopic (exact) mass is 593 g/mol. The lowest BCUT2D eigenvalue weighted by Gasteiger charge is -2.32. The minimum absolute atomic E-state index is 0.0254. The van der Waals surface area contributed by atoms with Crippen molar-refractivity contribution < 1.29 is 4.42 Å². The summed E-state index contributed by atoms with van der Waals surface area (Å²) in [6.45, 7) is 7.09. The van der Waals surface area contributed by atoms with E-state index in [9.17, 15) is 10.5 Å². The van der Waals surface area contributed by atoms with Crippen molar-refractivity contribution in [2.24, 2.45) is 5.92 Å². The molecule has 9 rings (SSSR count). The summed E-state index contributed by atoms with van der Waals surface area (Å²) in [5.41, 5.74) is 13.6. The molecular weight excluding hydrogens is 562 g/mol. The van der Waals surface area contributed by atoms with Gasteiger partial charge in [-0.1, -0.05) is 75.4 Å². The lowest BCUT2D eigenvalue weighted by atomic mass is 9.71. The van der Waals surface area contributed by atoms with Gasteiger partial charge in [0.15, 0.2) is 0 Å². The highest BCUT2D eigenvalue weighted by Crippen LogP contribution is 2.56. The van der Waals surface area contributed by atoms with Gasteiger partial charge in [-0.3, -0.25) is 0 Å². The van der Waals surface area contributed by atoms with Crippen molar-refractivity contribution in [2.45, 2.75) is 44.9 Å². The molecule has 6 aromatic rings. The molecular formula is C42H31N3O. The van der Waals surface area contributed by atoms with Gasteiger partial charge in [0.25, 0.3) is 0 Å². The summed E-state index contributed by atoms with van der Waals surface area (Å²) in [4.78, 5) is 0. The van der Waals surface area contributed by atoms with E-state index in [4.69, 9.17) is 4.42 Å². The molecule has 0 N–H and O–H groups in total. The van der Waals surface area contributed by atoms with Crippen molar-refractivity contribution in [3.63, 3.8) is 0 Å². The Kier molecular flexibility index (Phi) is 5.51. The summed E-state index contributed by atoms with van der Waals surface area (Å²) in [7, 11) is 0. The van der Waals surface area contributed by atoms with Crippen LogP contribution in [0.4, 0.5) is 0 Å². The average Bonchev–Trinajstić information content (AvgIpc) is 3.69. The quantitative estimate of drug-likeness (QED) is 0.201. The maximum Gasteiger partial charge on any atom is 0.138 e. The number of aromatic nitrogens is 1. The first kappa shape index (κ1) is 26.8. The predicted octanol–water partition coefficient (Wildman–Crippen LogP) is 9.76. The van der Waals surface area contributed by atoms with Gasteiger partial charge in [0.05, 0.1) is 40.0 Å². The van der Waals surface area contributed by atoms with Crippen LogP contribution in [0.3, 0.4) is 0 Å². The molecule has 4 nitrogen and oxygen atoms in total. The van der Waals surface area contributed by atoms with Crippen molar-refractivity contribution in [3.05, 3.63) is 147 Å². The van der Waals surface area contributed by atoms with Gasteiger partial charge in [0.2, 0.25) is 0 Å². The number of benzene rings is 4. The van der Waals surface area contributed by atoms with E-state index in [0.717, 1.165) is 51.9 Å². The van der Waals surface area contributed by atoms with Gasteiger partial charge in [-0.15, -0.1) is 0 Å². The fraction of sp³-hybridized carbons (Fsp3) is 0.190. The van der Waals surface area contributed by atoms with Gasteiger partial charge in [-0.2, -0.15) is 10.5 Å². The van der Waals surface area contributed by atoms with Crippen molar-refractivity contribution in [1.29, 1.82) is 10.5 Å². The van der Waals surface area contributed by atoms with Gasteiger partial charge in [-0.25, -0.2) is 0 Å². The molecule has 0 spiro atoms. The second-order valence-corrected chi connectivity index (χ2v) is 13.6. The van der Waals surface area contributed by atoms with Gasteiger partial charge in [0.1, 0.15) is 11.5 Å². The first-order valence-electron chi connectivity index (χ1n) is 16.0. The zero-order chi connectivity index (χ0) is 31.3. The molecule has 3 aliphatic carbocycles. The Labute approximate surface area is 268 Å². The fourth-order valence-corrected chi connectivity index (χ4v) is 8.79. The smallest absolute Gasteiger partial charge is 0.138 e. The van der Waals surface area contributed by atoms with E-state index in [1.165, 1.54) is 39.0 Å². The number of para-hydroxylation sites is 1. The average molecular weight is 594 g/mol. The number of allylic oxidation sites excluding steroid dienone is 2. The van der Waals surface area contributed by atoms with Gasteiger partial charge in [0, 0.05) is 38.8 Å². The Hall–Kier alpha value is -5.58. The van der Waals surface area contributed by atoms with Crippen molar-refractivity contribution in [1.82, 2.24) is 4.57 Å². The number of furan rings is 1. The number of hydrogen-bond donors (Lipinski definition) is 0. The zero-order valence-electron chi connectivity index (χ0n) is 26.1. The van der Waals surface area contributed by atoms with Crippen LogP contribution in [0.15, 0.2) is 101 Å². The van der Waals surface area contributed by atoms with Crippen LogP contribution in [0.1, 0.15) is 77.2 Å². The van der Waals surface area contributed by atoms with Crippen molar-refractivity contribution >= 4 is 33.5 Å². The fourth-order valence-electron chi connectivity index (χ4n) is 8.79. The van der Waals surface area contributed by atoms with Crippen LogP contribution in [0.5, 0.6) is 0 Å². The highest BCUT2D eigenvalue weighted by atomic mass is 16.3. The Balaban J connectivity index is 1.21. The van der Waals surface area contributed by atoms with Crippen LogP contribution in [0, 0.1) is 28.6 Å². The summed E-state index contributed by atoms with van der Waals surface area (Å²) in [5, 5.41) is 21.7. The Morgan fingerprint density at radius 2 is 1.54 bits per heavy atom. The van der Waals surface area contributed by atoms with Crippen LogP contribution in [0.25, 0.3) is 39.1 Å². The number of fused-ring (bicyclic) bond motifs is 9. The molecule has 0 bridgehead atoms.